The number of carbonyl (C=O) groups excluding carboxylic acids is 1. The summed E-state index contributed by atoms with van der Waals surface area (Å²) in [7, 11) is -3.92. The van der Waals surface area contributed by atoms with E-state index in [1.54, 1.807) is 0 Å². The molecule has 0 rings (SSSR count). The Labute approximate surface area is 116 Å². The quantitative estimate of drug-likeness (QED) is 0.432. The van der Waals surface area contributed by atoms with Crippen molar-refractivity contribution in [1.29, 1.82) is 0 Å². The normalized spacial score (nSPS) is 13.8. The fourth-order valence-electron chi connectivity index (χ4n) is 1.67. The summed E-state index contributed by atoms with van der Waals surface area (Å²) >= 11 is 0. The van der Waals surface area contributed by atoms with Gasteiger partial charge in [0.1, 0.15) is 0 Å². The Morgan fingerprint density at radius 3 is 2.21 bits per heavy atom. The van der Waals surface area contributed by atoms with E-state index in [0.29, 0.717) is 18.9 Å². The lowest BCUT2D eigenvalue weighted by molar-refractivity contribution is -0.124. The minimum atomic E-state index is -3.92. The van der Waals surface area contributed by atoms with Gasteiger partial charge >= 0.3 is 0 Å². The highest BCUT2D eigenvalue weighted by atomic mass is 32.2. The number of carbonyl (C=O) groups is 1. The molecule has 6 nitrogen and oxygen atoms in total. The molecule has 0 aliphatic carbocycles. The molecule has 0 bridgehead atoms. The molecule has 0 aromatic carbocycles. The van der Waals surface area contributed by atoms with Gasteiger partial charge in [-0.25, -0.2) is 0 Å². The second-order valence-corrected chi connectivity index (χ2v) is 7.01. The van der Waals surface area contributed by atoms with E-state index in [2.05, 4.69) is 10.6 Å². The fourth-order valence-corrected chi connectivity index (χ4v) is 2.18. The molecule has 1 amide bonds. The third kappa shape index (κ3) is 10.9. The summed E-state index contributed by atoms with van der Waals surface area (Å²) < 4.78 is 29.8. The Balaban J connectivity index is 4.24. The van der Waals surface area contributed by atoms with E-state index in [4.69, 9.17) is 4.55 Å². The minimum absolute atomic E-state index is 0.0711. The first kappa shape index (κ1) is 18.3. The standard InChI is InChI=1S/C12H26N2O4S/c1-9(2)8-11(12(15)14-10(3)4)13-6-5-7-19(16,17)18/h9-11,13H,5-8H2,1-4H3,(H,14,15)(H,16,17,18)/t11-/m0/s1. The maximum Gasteiger partial charge on any atom is 0.264 e. The fraction of sp³-hybridized carbons (Fsp3) is 0.917. The largest absolute Gasteiger partial charge is 0.353 e. The van der Waals surface area contributed by atoms with E-state index in [0.717, 1.165) is 0 Å². The van der Waals surface area contributed by atoms with Crippen LogP contribution in [-0.2, 0) is 14.9 Å². The van der Waals surface area contributed by atoms with Crippen molar-refractivity contribution in [3.63, 3.8) is 0 Å². The highest BCUT2D eigenvalue weighted by molar-refractivity contribution is 7.85. The summed E-state index contributed by atoms with van der Waals surface area (Å²) in [6.45, 7) is 8.21. The molecule has 0 heterocycles. The zero-order valence-electron chi connectivity index (χ0n) is 12.1. The van der Waals surface area contributed by atoms with E-state index in [-0.39, 0.29) is 30.2 Å². The molecule has 0 aliphatic rings. The molecule has 0 fully saturated rings. The molecule has 0 aromatic rings. The van der Waals surface area contributed by atoms with E-state index < -0.39 is 10.1 Å². The monoisotopic (exact) mass is 294 g/mol. The summed E-state index contributed by atoms with van der Waals surface area (Å²) in [4.78, 5) is 11.9. The summed E-state index contributed by atoms with van der Waals surface area (Å²) in [5.74, 6) is -0.00671. The average Bonchev–Trinajstić information content (AvgIpc) is 2.19. The lowest BCUT2D eigenvalue weighted by atomic mass is 10.0. The Morgan fingerprint density at radius 1 is 1.21 bits per heavy atom. The maximum absolute atomic E-state index is 11.9. The maximum atomic E-state index is 11.9. The topological polar surface area (TPSA) is 95.5 Å². The minimum Gasteiger partial charge on any atom is -0.353 e. The van der Waals surface area contributed by atoms with Gasteiger partial charge in [-0.1, -0.05) is 13.8 Å². The van der Waals surface area contributed by atoms with Crippen LogP contribution in [-0.4, -0.2) is 43.3 Å². The Morgan fingerprint density at radius 2 is 1.79 bits per heavy atom. The van der Waals surface area contributed by atoms with Gasteiger partial charge in [-0.15, -0.1) is 0 Å². The van der Waals surface area contributed by atoms with Crippen LogP contribution in [0.15, 0.2) is 0 Å². The molecule has 7 heteroatoms. The number of amides is 1. The van der Waals surface area contributed by atoms with Gasteiger partial charge in [-0.3, -0.25) is 9.35 Å². The number of rotatable bonds is 9. The van der Waals surface area contributed by atoms with Crippen LogP contribution in [0.3, 0.4) is 0 Å². The Hall–Kier alpha value is -0.660. The van der Waals surface area contributed by atoms with E-state index in [1.807, 2.05) is 27.7 Å². The van der Waals surface area contributed by atoms with Gasteiger partial charge in [0.05, 0.1) is 11.8 Å². The van der Waals surface area contributed by atoms with E-state index >= 15 is 0 Å². The smallest absolute Gasteiger partial charge is 0.264 e. The summed E-state index contributed by atoms with van der Waals surface area (Å²) in [5.41, 5.74) is 0. The summed E-state index contributed by atoms with van der Waals surface area (Å²) in [6, 6.07) is -0.259. The van der Waals surface area contributed by atoms with Gasteiger partial charge < -0.3 is 10.6 Å². The first-order chi connectivity index (χ1) is 8.61. The second kappa shape index (κ2) is 8.50. The van der Waals surface area contributed by atoms with Crippen LogP contribution >= 0.6 is 0 Å². The van der Waals surface area contributed by atoms with Gasteiger partial charge in [0.25, 0.3) is 10.1 Å². The van der Waals surface area contributed by atoms with E-state index in [9.17, 15) is 13.2 Å². The second-order valence-electron chi connectivity index (χ2n) is 5.44. The van der Waals surface area contributed by atoms with E-state index in [1.165, 1.54) is 0 Å². The van der Waals surface area contributed by atoms with Crippen LogP contribution in [0, 0.1) is 5.92 Å². The molecule has 0 spiro atoms. The van der Waals surface area contributed by atoms with Crippen molar-refractivity contribution < 1.29 is 17.8 Å². The first-order valence-electron chi connectivity index (χ1n) is 6.60. The zero-order valence-corrected chi connectivity index (χ0v) is 13.0. The third-order valence-corrected chi connectivity index (χ3v) is 3.23. The SMILES string of the molecule is CC(C)C[C@H](NCCCS(=O)(=O)O)C(=O)NC(C)C. The van der Waals surface area contributed by atoms with Crippen LogP contribution in [0.2, 0.25) is 0 Å². The summed E-state index contributed by atoms with van der Waals surface area (Å²) in [5, 5.41) is 5.88. The molecule has 3 N–H and O–H groups in total. The number of nitrogens with one attached hydrogen (secondary N) is 2. The molecular weight excluding hydrogens is 268 g/mol. The van der Waals surface area contributed by atoms with Crippen molar-refractivity contribution >= 4 is 16.0 Å². The van der Waals surface area contributed by atoms with Crippen LogP contribution in [0.25, 0.3) is 0 Å². The van der Waals surface area contributed by atoms with Gasteiger partial charge in [-0.2, -0.15) is 8.42 Å². The van der Waals surface area contributed by atoms with Crippen molar-refractivity contribution in [1.82, 2.24) is 10.6 Å². The van der Waals surface area contributed by atoms with Crippen LogP contribution in [0.4, 0.5) is 0 Å². The molecule has 0 unspecified atom stereocenters. The van der Waals surface area contributed by atoms with Crippen LogP contribution < -0.4 is 10.6 Å². The molecular formula is C12H26N2O4S. The lowest BCUT2D eigenvalue weighted by Gasteiger charge is -2.21. The van der Waals surface area contributed by atoms with Crippen LogP contribution in [0.1, 0.15) is 40.5 Å². The van der Waals surface area contributed by atoms with Crippen molar-refractivity contribution in [2.24, 2.45) is 5.92 Å². The number of hydrogen-bond donors (Lipinski definition) is 3. The predicted octanol–water partition coefficient (Wildman–Crippen LogP) is 0.793. The highest BCUT2D eigenvalue weighted by Crippen LogP contribution is 2.05. The van der Waals surface area contributed by atoms with Crippen molar-refractivity contribution in [3.8, 4) is 0 Å². The zero-order chi connectivity index (χ0) is 15.1. The molecule has 19 heavy (non-hydrogen) atoms. The Kier molecular flexibility index (Phi) is 8.20. The molecule has 0 aromatic heterocycles. The molecule has 1 atom stereocenters. The van der Waals surface area contributed by atoms with Gasteiger partial charge in [0, 0.05) is 6.04 Å². The van der Waals surface area contributed by atoms with Crippen molar-refractivity contribution in [2.75, 3.05) is 12.3 Å². The van der Waals surface area contributed by atoms with Crippen molar-refractivity contribution in [2.45, 2.75) is 52.6 Å². The average molecular weight is 294 g/mol. The third-order valence-electron chi connectivity index (χ3n) is 2.42. The van der Waals surface area contributed by atoms with Crippen molar-refractivity contribution in [3.05, 3.63) is 0 Å². The highest BCUT2D eigenvalue weighted by Gasteiger charge is 2.19. The van der Waals surface area contributed by atoms with Gasteiger partial charge in [0.15, 0.2) is 0 Å². The first-order valence-corrected chi connectivity index (χ1v) is 8.21. The molecule has 0 saturated heterocycles. The molecule has 0 aliphatic heterocycles. The lowest BCUT2D eigenvalue weighted by Crippen LogP contribution is -2.47. The number of hydrogen-bond acceptors (Lipinski definition) is 4. The molecule has 114 valence electrons. The Bertz CT molecular complexity index is 366. The molecule has 0 saturated carbocycles. The van der Waals surface area contributed by atoms with Crippen LogP contribution in [0.5, 0.6) is 0 Å². The summed E-state index contributed by atoms with van der Waals surface area (Å²) in [6.07, 6.45) is 0.965. The molecule has 0 radical (unpaired) electrons. The predicted molar refractivity (Wildman–Crippen MR) is 75.6 cm³/mol. The van der Waals surface area contributed by atoms with Gasteiger partial charge in [-0.05, 0) is 39.2 Å². The van der Waals surface area contributed by atoms with Gasteiger partial charge in [0.2, 0.25) is 5.91 Å².